The molecule has 0 heteroatoms. The normalized spacial score (nSPS) is 12.8. The van der Waals surface area contributed by atoms with Gasteiger partial charge in [0.05, 0.1) is 0 Å². The summed E-state index contributed by atoms with van der Waals surface area (Å²) in [7, 11) is 0. The molecule has 0 aromatic rings. The van der Waals surface area contributed by atoms with Crippen molar-refractivity contribution < 1.29 is 0 Å². The van der Waals surface area contributed by atoms with E-state index in [1.165, 1.54) is 25.7 Å². The molecule has 70 valence electrons. The van der Waals surface area contributed by atoms with Crippen LogP contribution in [0.2, 0.25) is 0 Å². The average Bonchev–Trinajstić information content (AvgIpc) is 2.10. The number of allylic oxidation sites excluding steroid dienone is 4. The molecule has 0 unspecified atom stereocenters. The molecule has 0 aromatic carbocycles. The standard InChI is InChI=1S/C12H22/c1-4-7-8-9-11-12(6-3)10-5-2/h6,8-9H,4-5,7,10-11H2,1-3H3. The zero-order valence-corrected chi connectivity index (χ0v) is 8.77. The van der Waals surface area contributed by atoms with E-state index in [1.807, 2.05) is 0 Å². The highest BCUT2D eigenvalue weighted by molar-refractivity contribution is 5.06. The Morgan fingerprint density at radius 1 is 1.08 bits per heavy atom. The van der Waals surface area contributed by atoms with Crippen LogP contribution in [0.25, 0.3) is 0 Å². The van der Waals surface area contributed by atoms with Crippen LogP contribution >= 0.6 is 0 Å². The van der Waals surface area contributed by atoms with E-state index < -0.39 is 0 Å². The highest BCUT2D eigenvalue weighted by Crippen LogP contribution is 2.10. The molecule has 0 aliphatic rings. The molecule has 0 spiro atoms. The molecule has 0 bridgehead atoms. The first-order chi connectivity index (χ1) is 5.85. The number of hydrogen-bond acceptors (Lipinski definition) is 0. The molecule has 0 aliphatic carbocycles. The van der Waals surface area contributed by atoms with Crippen molar-refractivity contribution in [1.29, 1.82) is 0 Å². The Bertz CT molecular complexity index is 140. The monoisotopic (exact) mass is 166 g/mol. The van der Waals surface area contributed by atoms with Gasteiger partial charge in [0.1, 0.15) is 0 Å². The van der Waals surface area contributed by atoms with Crippen molar-refractivity contribution >= 4 is 0 Å². The number of rotatable bonds is 6. The van der Waals surface area contributed by atoms with E-state index in [9.17, 15) is 0 Å². The third kappa shape index (κ3) is 6.21. The van der Waals surface area contributed by atoms with Gasteiger partial charge in [0.2, 0.25) is 0 Å². The lowest BCUT2D eigenvalue weighted by molar-refractivity contribution is 0.873. The second kappa shape index (κ2) is 8.58. The summed E-state index contributed by atoms with van der Waals surface area (Å²) in [6.45, 7) is 6.59. The number of unbranched alkanes of at least 4 members (excludes halogenated alkanes) is 1. The maximum atomic E-state index is 2.30. The summed E-state index contributed by atoms with van der Waals surface area (Å²) < 4.78 is 0. The molecule has 12 heavy (non-hydrogen) atoms. The van der Waals surface area contributed by atoms with Crippen LogP contribution in [0.5, 0.6) is 0 Å². The Balaban J connectivity index is 3.58. The first kappa shape index (κ1) is 11.5. The van der Waals surface area contributed by atoms with Crippen LogP contribution in [0, 0.1) is 0 Å². The van der Waals surface area contributed by atoms with Crippen LogP contribution in [0.15, 0.2) is 23.8 Å². The Hall–Kier alpha value is -0.520. The van der Waals surface area contributed by atoms with Gasteiger partial charge in [-0.3, -0.25) is 0 Å². The highest BCUT2D eigenvalue weighted by Gasteiger charge is 1.89. The Labute approximate surface area is 77.4 Å². The lowest BCUT2D eigenvalue weighted by Gasteiger charge is -1.99. The van der Waals surface area contributed by atoms with Crippen molar-refractivity contribution in [3.8, 4) is 0 Å². The Morgan fingerprint density at radius 3 is 2.33 bits per heavy atom. The maximum absolute atomic E-state index is 2.30. The third-order valence-electron chi connectivity index (χ3n) is 1.98. The van der Waals surface area contributed by atoms with Crippen LogP contribution < -0.4 is 0 Å². The van der Waals surface area contributed by atoms with E-state index in [0.717, 1.165) is 6.42 Å². The molecule has 0 heterocycles. The predicted octanol–water partition coefficient (Wildman–Crippen LogP) is 4.48. The summed E-state index contributed by atoms with van der Waals surface area (Å²) in [5.74, 6) is 0. The molecule has 0 rings (SSSR count). The summed E-state index contributed by atoms with van der Waals surface area (Å²) in [5, 5.41) is 0. The topological polar surface area (TPSA) is 0 Å². The van der Waals surface area contributed by atoms with Gasteiger partial charge < -0.3 is 0 Å². The second-order valence-electron chi connectivity index (χ2n) is 3.16. The summed E-state index contributed by atoms with van der Waals surface area (Å²) >= 11 is 0. The van der Waals surface area contributed by atoms with Gasteiger partial charge in [-0.05, 0) is 26.2 Å². The SMILES string of the molecule is CC=C(CC=CCCC)CCC. The summed E-state index contributed by atoms with van der Waals surface area (Å²) in [5.41, 5.74) is 1.57. The Morgan fingerprint density at radius 2 is 1.83 bits per heavy atom. The smallest absolute Gasteiger partial charge is 0.0139 e. The summed E-state index contributed by atoms with van der Waals surface area (Å²) in [4.78, 5) is 0. The third-order valence-corrected chi connectivity index (χ3v) is 1.98. The zero-order valence-electron chi connectivity index (χ0n) is 8.77. The van der Waals surface area contributed by atoms with Crippen molar-refractivity contribution in [2.45, 2.75) is 52.9 Å². The minimum Gasteiger partial charge on any atom is -0.0882 e. The lowest BCUT2D eigenvalue weighted by atomic mass is 10.1. The molecular weight excluding hydrogens is 144 g/mol. The van der Waals surface area contributed by atoms with Gasteiger partial charge >= 0.3 is 0 Å². The first-order valence-corrected chi connectivity index (χ1v) is 5.14. The fraction of sp³-hybridized carbons (Fsp3) is 0.667. The molecule has 0 aromatic heterocycles. The molecule has 0 saturated carbocycles. The fourth-order valence-electron chi connectivity index (χ4n) is 1.20. The maximum Gasteiger partial charge on any atom is -0.0139 e. The van der Waals surface area contributed by atoms with Gasteiger partial charge in [0.15, 0.2) is 0 Å². The molecule has 0 nitrogen and oxygen atoms in total. The van der Waals surface area contributed by atoms with E-state index >= 15 is 0 Å². The van der Waals surface area contributed by atoms with E-state index in [2.05, 4.69) is 39.0 Å². The van der Waals surface area contributed by atoms with Crippen molar-refractivity contribution in [3.05, 3.63) is 23.8 Å². The van der Waals surface area contributed by atoms with Crippen LogP contribution in [0.3, 0.4) is 0 Å². The van der Waals surface area contributed by atoms with Crippen LogP contribution in [-0.2, 0) is 0 Å². The Kier molecular flexibility index (Phi) is 8.20. The molecule has 0 aliphatic heterocycles. The van der Waals surface area contributed by atoms with Crippen LogP contribution in [0.4, 0.5) is 0 Å². The summed E-state index contributed by atoms with van der Waals surface area (Å²) in [6, 6.07) is 0. The highest BCUT2D eigenvalue weighted by atomic mass is 14.0. The predicted molar refractivity (Wildman–Crippen MR) is 57.3 cm³/mol. The van der Waals surface area contributed by atoms with Crippen LogP contribution in [-0.4, -0.2) is 0 Å². The van der Waals surface area contributed by atoms with E-state index in [1.54, 1.807) is 5.57 Å². The average molecular weight is 166 g/mol. The first-order valence-electron chi connectivity index (χ1n) is 5.14. The molecule has 0 saturated heterocycles. The molecule has 0 N–H and O–H groups in total. The van der Waals surface area contributed by atoms with Crippen molar-refractivity contribution in [2.75, 3.05) is 0 Å². The molecule has 0 amide bonds. The van der Waals surface area contributed by atoms with E-state index in [0.29, 0.717) is 0 Å². The van der Waals surface area contributed by atoms with Crippen molar-refractivity contribution in [3.63, 3.8) is 0 Å². The fourth-order valence-corrected chi connectivity index (χ4v) is 1.20. The lowest BCUT2D eigenvalue weighted by Crippen LogP contribution is -1.79. The van der Waals surface area contributed by atoms with Gasteiger partial charge in [-0.15, -0.1) is 0 Å². The molecular formula is C12H22. The van der Waals surface area contributed by atoms with Crippen molar-refractivity contribution in [2.24, 2.45) is 0 Å². The zero-order chi connectivity index (χ0) is 9.23. The van der Waals surface area contributed by atoms with E-state index in [4.69, 9.17) is 0 Å². The summed E-state index contributed by atoms with van der Waals surface area (Å²) in [6.07, 6.45) is 13.0. The van der Waals surface area contributed by atoms with Gasteiger partial charge in [0, 0.05) is 0 Å². The second-order valence-corrected chi connectivity index (χ2v) is 3.16. The van der Waals surface area contributed by atoms with Gasteiger partial charge in [-0.1, -0.05) is 50.5 Å². The molecule has 0 radical (unpaired) electrons. The largest absolute Gasteiger partial charge is 0.0882 e. The van der Waals surface area contributed by atoms with Gasteiger partial charge in [0.25, 0.3) is 0 Å². The van der Waals surface area contributed by atoms with Crippen LogP contribution in [0.1, 0.15) is 52.9 Å². The quantitative estimate of drug-likeness (QED) is 0.510. The minimum absolute atomic E-state index is 1.16. The van der Waals surface area contributed by atoms with Gasteiger partial charge in [-0.2, -0.15) is 0 Å². The van der Waals surface area contributed by atoms with Gasteiger partial charge in [-0.25, -0.2) is 0 Å². The van der Waals surface area contributed by atoms with E-state index in [-0.39, 0.29) is 0 Å². The molecule has 0 fully saturated rings. The van der Waals surface area contributed by atoms with Crippen molar-refractivity contribution in [1.82, 2.24) is 0 Å². The molecule has 0 atom stereocenters. The number of hydrogen-bond donors (Lipinski definition) is 0. The minimum atomic E-state index is 1.16.